The number of rotatable bonds is 6. The first kappa shape index (κ1) is 21.2. The van der Waals surface area contributed by atoms with Gasteiger partial charge >= 0.3 is 0 Å². The Bertz CT molecular complexity index is 1200. The number of azo groups is 1. The van der Waals surface area contributed by atoms with Crippen LogP contribution in [0.1, 0.15) is 12.5 Å². The lowest BCUT2D eigenvalue weighted by molar-refractivity contribution is 0.476. The van der Waals surface area contributed by atoms with E-state index in [0.717, 1.165) is 28.0 Å². The minimum atomic E-state index is -2.31. The van der Waals surface area contributed by atoms with Gasteiger partial charge in [-0.1, -0.05) is 91.5 Å². The summed E-state index contributed by atoms with van der Waals surface area (Å²) in [6.45, 7) is 2.11. The van der Waals surface area contributed by atoms with Crippen LogP contribution in [0.2, 0.25) is 0 Å². The maximum atomic E-state index is 10.4. The third-order valence-electron chi connectivity index (χ3n) is 5.18. The minimum Gasteiger partial charge on any atom is -0.506 e. The molecule has 0 heterocycles. The van der Waals surface area contributed by atoms with Gasteiger partial charge in [0, 0.05) is 6.04 Å². The zero-order valence-corrected chi connectivity index (χ0v) is 18.9. The highest BCUT2D eigenvalue weighted by molar-refractivity contribution is 8.25. The van der Waals surface area contributed by atoms with E-state index in [0.29, 0.717) is 5.69 Å². The first-order chi connectivity index (χ1) is 15.1. The van der Waals surface area contributed by atoms with Crippen LogP contribution in [0.5, 0.6) is 5.75 Å². The summed E-state index contributed by atoms with van der Waals surface area (Å²) in [7, 11) is 0. The van der Waals surface area contributed by atoms with Crippen LogP contribution in [0.3, 0.4) is 0 Å². The van der Waals surface area contributed by atoms with Gasteiger partial charge in [0.1, 0.15) is 11.4 Å². The number of hydrogen-bond donors (Lipinski definition) is 1. The second-order valence-corrected chi connectivity index (χ2v) is 11.6. The van der Waals surface area contributed by atoms with Crippen molar-refractivity contribution in [1.82, 2.24) is 0 Å². The molecular formula is C26H23N2OPS. The number of nitrogens with zero attached hydrogens (tertiary/aromatic N) is 2. The Morgan fingerprint density at radius 1 is 0.710 bits per heavy atom. The fourth-order valence-corrected chi connectivity index (χ4v) is 7.16. The average Bonchev–Trinajstić information content (AvgIpc) is 2.84. The van der Waals surface area contributed by atoms with Crippen LogP contribution in [0, 0.1) is 0 Å². The standard InChI is InChI=1S/C26H23N2OPS/c1-2-20-13-15-21(16-14-20)27-28-25-19-24(17-18-26(25)29)30(31,22-9-5-3-6-10-22)23-11-7-4-8-12-23/h3-19,29H,2H2,1H3. The Balaban J connectivity index is 1.79. The van der Waals surface area contributed by atoms with Gasteiger partial charge in [-0.2, -0.15) is 5.11 Å². The molecule has 0 aliphatic heterocycles. The van der Waals surface area contributed by atoms with Gasteiger partial charge in [0.2, 0.25) is 0 Å². The van der Waals surface area contributed by atoms with Crippen LogP contribution in [-0.2, 0) is 18.2 Å². The summed E-state index contributed by atoms with van der Waals surface area (Å²) in [6.07, 6.45) is 0.976. The largest absolute Gasteiger partial charge is 0.506 e. The monoisotopic (exact) mass is 442 g/mol. The molecule has 4 aromatic carbocycles. The fraction of sp³-hybridized carbons (Fsp3) is 0.0769. The molecule has 0 bridgehead atoms. The van der Waals surface area contributed by atoms with Crippen molar-refractivity contribution in [2.24, 2.45) is 10.2 Å². The normalized spacial score (nSPS) is 11.6. The third-order valence-corrected chi connectivity index (χ3v) is 10.1. The molecule has 0 radical (unpaired) electrons. The molecule has 0 spiro atoms. The van der Waals surface area contributed by atoms with Crippen molar-refractivity contribution >= 4 is 45.1 Å². The van der Waals surface area contributed by atoms with E-state index in [1.54, 1.807) is 6.07 Å². The second-order valence-electron chi connectivity index (χ2n) is 7.17. The van der Waals surface area contributed by atoms with Crippen LogP contribution in [-0.4, -0.2) is 5.11 Å². The number of phenols is 1. The lowest BCUT2D eigenvalue weighted by Gasteiger charge is -2.24. The van der Waals surface area contributed by atoms with Gasteiger partial charge < -0.3 is 5.11 Å². The second kappa shape index (κ2) is 9.38. The number of benzene rings is 4. The van der Waals surface area contributed by atoms with Crippen LogP contribution in [0.4, 0.5) is 11.4 Å². The predicted octanol–water partition coefficient (Wildman–Crippen LogP) is 6.13. The molecule has 3 nitrogen and oxygen atoms in total. The molecule has 1 N–H and O–H groups in total. The third kappa shape index (κ3) is 4.51. The van der Waals surface area contributed by atoms with Crippen molar-refractivity contribution in [2.45, 2.75) is 13.3 Å². The molecule has 0 unspecified atom stereocenters. The summed E-state index contributed by atoms with van der Waals surface area (Å²) in [4.78, 5) is 0. The van der Waals surface area contributed by atoms with E-state index in [4.69, 9.17) is 11.8 Å². The van der Waals surface area contributed by atoms with Gasteiger partial charge in [0.25, 0.3) is 0 Å². The maximum Gasteiger partial charge on any atom is 0.143 e. The van der Waals surface area contributed by atoms with Crippen molar-refractivity contribution in [3.8, 4) is 5.75 Å². The highest BCUT2D eigenvalue weighted by Gasteiger charge is 2.25. The van der Waals surface area contributed by atoms with Gasteiger partial charge in [-0.25, -0.2) is 0 Å². The maximum absolute atomic E-state index is 10.4. The predicted molar refractivity (Wildman–Crippen MR) is 134 cm³/mol. The van der Waals surface area contributed by atoms with E-state index < -0.39 is 6.04 Å². The van der Waals surface area contributed by atoms with Gasteiger partial charge in [0.15, 0.2) is 0 Å². The molecule has 0 saturated heterocycles. The molecule has 0 fully saturated rings. The Morgan fingerprint density at radius 3 is 1.84 bits per heavy atom. The van der Waals surface area contributed by atoms with Gasteiger partial charge in [-0.05, 0) is 58.2 Å². The SMILES string of the molecule is CCc1ccc(N=Nc2cc(P(=S)(c3ccccc3)c3ccccc3)ccc2O)cc1. The van der Waals surface area contributed by atoms with E-state index in [2.05, 4.69) is 41.4 Å². The Morgan fingerprint density at radius 2 is 1.29 bits per heavy atom. The van der Waals surface area contributed by atoms with E-state index in [9.17, 15) is 5.11 Å². The van der Waals surface area contributed by atoms with Crippen LogP contribution in [0.25, 0.3) is 0 Å². The first-order valence-corrected chi connectivity index (χ1v) is 13.0. The molecule has 4 aromatic rings. The quantitative estimate of drug-likeness (QED) is 0.289. The topological polar surface area (TPSA) is 45.0 Å². The van der Waals surface area contributed by atoms with Crippen molar-refractivity contribution in [2.75, 3.05) is 0 Å². The number of aryl methyl sites for hydroxylation is 1. The molecular weight excluding hydrogens is 419 g/mol. The molecule has 4 rings (SSSR count). The Hall–Kier alpha value is -3.07. The molecule has 0 saturated carbocycles. The Kier molecular flexibility index (Phi) is 6.41. The summed E-state index contributed by atoms with van der Waals surface area (Å²) >= 11 is 6.37. The van der Waals surface area contributed by atoms with Crippen molar-refractivity contribution < 1.29 is 5.11 Å². The smallest absolute Gasteiger partial charge is 0.143 e. The zero-order chi connectivity index (χ0) is 21.7. The molecule has 31 heavy (non-hydrogen) atoms. The van der Waals surface area contributed by atoms with Crippen molar-refractivity contribution in [3.05, 3.63) is 109 Å². The molecule has 0 aliphatic rings. The summed E-state index contributed by atoms with van der Waals surface area (Å²) in [5.74, 6) is 0.0837. The van der Waals surface area contributed by atoms with Gasteiger partial charge in [-0.15, -0.1) is 5.11 Å². The summed E-state index contributed by atoms with van der Waals surface area (Å²) in [5, 5.41) is 22.3. The number of hydrogen-bond acceptors (Lipinski definition) is 4. The Labute approximate surface area is 188 Å². The molecule has 0 aliphatic carbocycles. The molecule has 0 amide bonds. The van der Waals surface area contributed by atoms with E-state index in [1.807, 2.05) is 72.8 Å². The van der Waals surface area contributed by atoms with E-state index >= 15 is 0 Å². The average molecular weight is 443 g/mol. The highest BCUT2D eigenvalue weighted by Crippen LogP contribution is 2.44. The summed E-state index contributed by atoms with van der Waals surface area (Å²) < 4.78 is 0. The number of aromatic hydroxyl groups is 1. The van der Waals surface area contributed by atoms with Crippen molar-refractivity contribution in [1.29, 1.82) is 0 Å². The van der Waals surface area contributed by atoms with Gasteiger partial charge in [0.05, 0.1) is 5.69 Å². The van der Waals surface area contributed by atoms with Crippen LogP contribution in [0.15, 0.2) is 113 Å². The highest BCUT2D eigenvalue weighted by atomic mass is 32.4. The first-order valence-electron chi connectivity index (χ1n) is 10.2. The van der Waals surface area contributed by atoms with Crippen LogP contribution < -0.4 is 15.9 Å². The van der Waals surface area contributed by atoms with Gasteiger partial charge in [-0.3, -0.25) is 0 Å². The van der Waals surface area contributed by atoms with E-state index in [1.165, 1.54) is 5.56 Å². The number of phenolic OH excluding ortho intramolecular Hbond substituents is 1. The summed E-state index contributed by atoms with van der Waals surface area (Å²) in [5.41, 5.74) is 2.40. The molecule has 5 heteroatoms. The lowest BCUT2D eigenvalue weighted by atomic mass is 10.2. The summed E-state index contributed by atoms with van der Waals surface area (Å²) in [6, 6.07) is 31.4. The van der Waals surface area contributed by atoms with E-state index in [-0.39, 0.29) is 5.75 Å². The fourth-order valence-electron chi connectivity index (χ4n) is 3.42. The molecule has 154 valence electrons. The molecule has 0 aromatic heterocycles. The minimum absolute atomic E-state index is 0.0837. The van der Waals surface area contributed by atoms with Crippen LogP contribution >= 0.6 is 6.04 Å². The lowest BCUT2D eigenvalue weighted by Crippen LogP contribution is -2.24. The zero-order valence-electron chi connectivity index (χ0n) is 17.2. The van der Waals surface area contributed by atoms with Crippen molar-refractivity contribution in [3.63, 3.8) is 0 Å². The molecule has 0 atom stereocenters.